The molecular weight excluding hydrogens is 427 g/mol. The topological polar surface area (TPSA) is 54.4 Å². The van der Waals surface area contributed by atoms with Crippen LogP contribution in [0.4, 0.5) is 0 Å². The van der Waals surface area contributed by atoms with E-state index in [0.717, 1.165) is 0 Å². The maximum atomic E-state index is 8.56. The number of benzene rings is 1. The summed E-state index contributed by atoms with van der Waals surface area (Å²) in [4.78, 5) is 0. The summed E-state index contributed by atoms with van der Waals surface area (Å²) in [6.07, 6.45) is 8.85. The average molecular weight is 463 g/mol. The SMILES string of the molecule is CCC[CH2][Sn+]([CH2]CCC)[CH2]CCC.Cc1ccccc1.O=[S-](=O)O. The van der Waals surface area contributed by atoms with E-state index in [2.05, 4.69) is 39.8 Å². The van der Waals surface area contributed by atoms with Crippen molar-refractivity contribution in [2.24, 2.45) is 0 Å². The number of hydrogen-bond donors (Lipinski definition) is 1. The molecule has 0 amide bonds. The summed E-state index contributed by atoms with van der Waals surface area (Å²) in [6, 6.07) is 10.3. The number of unbranched alkanes of at least 4 members (excludes halogenated alkanes) is 3. The van der Waals surface area contributed by atoms with Crippen LogP contribution in [0.1, 0.15) is 64.9 Å². The molecule has 0 saturated carbocycles. The monoisotopic (exact) mass is 464 g/mol. The number of rotatable bonds is 9. The molecule has 0 unspecified atom stereocenters. The summed E-state index contributed by atoms with van der Waals surface area (Å²) in [6.45, 7) is 9.08. The van der Waals surface area contributed by atoms with E-state index in [0.29, 0.717) is 0 Å². The summed E-state index contributed by atoms with van der Waals surface area (Å²) in [7, 11) is -2.86. The molecule has 3 nitrogen and oxygen atoms in total. The molecule has 0 aliphatic rings. The van der Waals surface area contributed by atoms with Crippen LogP contribution < -0.4 is 0 Å². The van der Waals surface area contributed by atoms with Gasteiger partial charge >= 0.3 is 92.4 Å². The fourth-order valence-corrected chi connectivity index (χ4v) is 11.6. The third-order valence-electron chi connectivity index (χ3n) is 3.59. The molecule has 0 aliphatic heterocycles. The van der Waals surface area contributed by atoms with Crippen molar-refractivity contribution < 1.29 is 13.0 Å². The van der Waals surface area contributed by atoms with E-state index in [1.165, 1.54) is 44.1 Å². The van der Waals surface area contributed by atoms with Crippen molar-refractivity contribution in [3.63, 3.8) is 0 Å². The zero-order chi connectivity index (χ0) is 18.6. The van der Waals surface area contributed by atoms with Gasteiger partial charge in [0.1, 0.15) is 0 Å². The fraction of sp³-hybridized carbons (Fsp3) is 0.684. The van der Waals surface area contributed by atoms with Gasteiger partial charge in [0.05, 0.1) is 0 Å². The van der Waals surface area contributed by atoms with E-state index in [9.17, 15) is 0 Å². The molecule has 0 atom stereocenters. The Hall–Kier alpha value is -0.0713. The first-order valence-electron chi connectivity index (χ1n) is 9.11. The van der Waals surface area contributed by atoms with Crippen LogP contribution in [0.3, 0.4) is 0 Å². The van der Waals surface area contributed by atoms with Gasteiger partial charge in [-0.15, -0.1) is 0 Å². The Bertz CT molecular complexity index is 395. The van der Waals surface area contributed by atoms with Crippen molar-refractivity contribution in [3.05, 3.63) is 35.9 Å². The van der Waals surface area contributed by atoms with Crippen LogP contribution in [0.25, 0.3) is 0 Å². The van der Waals surface area contributed by atoms with Gasteiger partial charge in [0, 0.05) is 11.0 Å². The summed E-state index contributed by atoms with van der Waals surface area (Å²) < 4.78 is 29.1. The Kier molecular flexibility index (Phi) is 22.9. The van der Waals surface area contributed by atoms with E-state index in [1.54, 1.807) is 13.3 Å². The van der Waals surface area contributed by atoms with Crippen LogP contribution in [0.2, 0.25) is 13.3 Å². The molecule has 5 heteroatoms. The molecule has 0 radical (unpaired) electrons. The molecule has 1 aromatic carbocycles. The quantitative estimate of drug-likeness (QED) is 0.193. The van der Waals surface area contributed by atoms with E-state index < -0.39 is 30.7 Å². The maximum absolute atomic E-state index is 8.56. The maximum Gasteiger partial charge on any atom is 0.0495 e. The summed E-state index contributed by atoms with van der Waals surface area (Å²) in [5, 5.41) is 0. The molecular formula is C19H36O3SSn. The molecule has 1 rings (SSSR count). The minimum atomic E-state index is -2.86. The van der Waals surface area contributed by atoms with E-state index >= 15 is 0 Å². The first-order valence-corrected chi connectivity index (χ1v) is 16.2. The molecule has 1 N–H and O–H groups in total. The van der Waals surface area contributed by atoms with Crippen LogP contribution in [0.15, 0.2) is 30.3 Å². The van der Waals surface area contributed by atoms with E-state index in [-0.39, 0.29) is 0 Å². The van der Waals surface area contributed by atoms with Crippen LogP contribution in [-0.2, 0) is 19.4 Å². The molecule has 140 valence electrons. The van der Waals surface area contributed by atoms with Gasteiger partial charge in [-0.3, -0.25) is 0 Å². The van der Waals surface area contributed by atoms with Gasteiger partial charge in [0.15, 0.2) is 0 Å². The average Bonchev–Trinajstić information content (AvgIpc) is 2.55. The second-order valence-corrected chi connectivity index (χ2v) is 14.9. The Morgan fingerprint density at radius 2 is 1.17 bits per heavy atom. The zero-order valence-corrected chi connectivity index (χ0v) is 19.6. The molecule has 0 spiro atoms. The van der Waals surface area contributed by atoms with Gasteiger partial charge in [-0.1, -0.05) is 35.9 Å². The molecule has 0 bridgehead atoms. The van der Waals surface area contributed by atoms with Gasteiger partial charge in [0.25, 0.3) is 0 Å². The van der Waals surface area contributed by atoms with Crippen LogP contribution in [-0.4, -0.2) is 24.3 Å². The Labute approximate surface area is 158 Å². The minimum absolute atomic E-state index is 0.839. The van der Waals surface area contributed by atoms with Gasteiger partial charge < -0.3 is 13.0 Å². The zero-order valence-electron chi connectivity index (χ0n) is 15.9. The predicted molar refractivity (Wildman–Crippen MR) is 107 cm³/mol. The van der Waals surface area contributed by atoms with Crippen molar-refractivity contribution >= 4 is 30.7 Å². The molecule has 24 heavy (non-hydrogen) atoms. The van der Waals surface area contributed by atoms with E-state index in [1.807, 2.05) is 18.2 Å². The largest absolute Gasteiger partial charge is 0.439 e. The van der Waals surface area contributed by atoms with Crippen molar-refractivity contribution in [1.29, 1.82) is 0 Å². The van der Waals surface area contributed by atoms with Crippen molar-refractivity contribution in [3.8, 4) is 0 Å². The summed E-state index contributed by atoms with van der Waals surface area (Å²) in [5.74, 6) is 0. The second kappa shape index (κ2) is 21.0. The van der Waals surface area contributed by atoms with Crippen molar-refractivity contribution in [1.82, 2.24) is 0 Å². The standard InChI is InChI=1S/C7H8.3C4H9.HO3S.Sn/c1-7-5-3-2-4-6-7;3*1-3-4-2;1-4(2)3;/h2-6H,1H3;3*1,3-4H2,2H3;(H,1,2,3);/q;;;;-1;+1. The van der Waals surface area contributed by atoms with Gasteiger partial charge in [0.2, 0.25) is 0 Å². The Balaban J connectivity index is 0. The second-order valence-electron chi connectivity index (χ2n) is 5.93. The first kappa shape index (κ1) is 26.2. The molecule has 0 aliphatic carbocycles. The molecule has 1 aromatic rings. The van der Waals surface area contributed by atoms with Gasteiger partial charge in [-0.2, -0.15) is 0 Å². The van der Waals surface area contributed by atoms with Gasteiger partial charge in [-0.05, 0) is 6.92 Å². The number of aryl methyl sites for hydroxylation is 1. The summed E-state index contributed by atoms with van der Waals surface area (Å²) in [5.41, 5.74) is 1.32. The smallest absolute Gasteiger partial charge is 0.0495 e. The normalized spacial score (nSPS) is 9.58. The summed E-state index contributed by atoms with van der Waals surface area (Å²) >= 11 is -0.839. The molecule has 0 saturated heterocycles. The van der Waals surface area contributed by atoms with Crippen molar-refractivity contribution in [2.45, 2.75) is 79.5 Å². The van der Waals surface area contributed by atoms with E-state index in [4.69, 9.17) is 13.0 Å². The molecule has 0 heterocycles. The first-order chi connectivity index (χ1) is 11.5. The van der Waals surface area contributed by atoms with Crippen molar-refractivity contribution in [2.75, 3.05) is 0 Å². The molecule has 0 aromatic heterocycles. The van der Waals surface area contributed by atoms with Crippen LogP contribution >= 0.6 is 0 Å². The third-order valence-corrected chi connectivity index (χ3v) is 12.7. The fourth-order valence-electron chi connectivity index (χ4n) is 2.19. The van der Waals surface area contributed by atoms with Gasteiger partial charge in [-0.25, -0.2) is 0 Å². The predicted octanol–water partition coefficient (Wildman–Crippen LogP) is 6.65. The van der Waals surface area contributed by atoms with Crippen LogP contribution in [0.5, 0.6) is 0 Å². The number of hydrogen-bond acceptors (Lipinski definition) is 3. The minimum Gasteiger partial charge on any atom is -0.439 e. The third kappa shape index (κ3) is 24.2. The van der Waals surface area contributed by atoms with Crippen LogP contribution in [0, 0.1) is 6.92 Å². The Morgan fingerprint density at radius 3 is 1.38 bits per heavy atom. The molecule has 0 fully saturated rings. The Morgan fingerprint density at radius 1 is 0.833 bits per heavy atom.